The van der Waals surface area contributed by atoms with Crippen molar-refractivity contribution in [2.45, 2.75) is 0 Å². The van der Waals surface area contributed by atoms with Crippen LogP contribution in [0.25, 0.3) is 11.4 Å². The number of hydrogen-bond donors (Lipinski definition) is 2. The molecule has 0 radical (unpaired) electrons. The molecule has 2 aromatic carbocycles. The molecular weight excluding hydrogens is 324 g/mol. The highest BCUT2D eigenvalue weighted by molar-refractivity contribution is 5.62. The Morgan fingerprint density at radius 3 is 1.56 bits per heavy atom. The summed E-state index contributed by atoms with van der Waals surface area (Å²) in [5.74, 6) is 1.12. The Hall–Kier alpha value is -4.02. The number of benzene rings is 2. The standard InChI is InChI=1S/C14H12N10O/c15-11-5-9(1-3-13(11)23-7-17-19-21-23)25-10-2-4-14(12(16)6-10)24-8-18-20-22-24/h1-8H,15-16H2. The van der Waals surface area contributed by atoms with Gasteiger partial charge in [-0.05, 0) is 45.1 Å². The van der Waals surface area contributed by atoms with Crippen LogP contribution in [0.1, 0.15) is 0 Å². The van der Waals surface area contributed by atoms with Crippen LogP contribution >= 0.6 is 0 Å². The van der Waals surface area contributed by atoms with E-state index in [1.165, 1.54) is 22.0 Å². The molecule has 0 aliphatic heterocycles. The summed E-state index contributed by atoms with van der Waals surface area (Å²) in [6, 6.07) is 10.4. The lowest BCUT2D eigenvalue weighted by molar-refractivity contribution is 0.483. The quantitative estimate of drug-likeness (QED) is 0.511. The summed E-state index contributed by atoms with van der Waals surface area (Å²) in [4.78, 5) is 0. The first-order chi connectivity index (χ1) is 12.2. The molecule has 4 aromatic rings. The van der Waals surface area contributed by atoms with Crippen molar-refractivity contribution in [3.05, 3.63) is 49.1 Å². The Bertz CT molecular complexity index is 915. The normalized spacial score (nSPS) is 10.7. The van der Waals surface area contributed by atoms with Gasteiger partial charge in [-0.2, -0.15) is 9.36 Å². The molecule has 0 unspecified atom stereocenters. The van der Waals surface area contributed by atoms with E-state index in [1.54, 1.807) is 36.4 Å². The Labute approximate surface area is 140 Å². The number of nitrogens with two attached hydrogens (primary N) is 2. The third-order valence-corrected chi connectivity index (χ3v) is 3.43. The molecule has 2 heterocycles. The largest absolute Gasteiger partial charge is 0.457 e. The Balaban J connectivity index is 1.58. The van der Waals surface area contributed by atoms with Gasteiger partial charge in [0.25, 0.3) is 0 Å². The number of anilines is 2. The molecule has 0 atom stereocenters. The summed E-state index contributed by atoms with van der Waals surface area (Å²) in [6.45, 7) is 0. The van der Waals surface area contributed by atoms with E-state index in [0.29, 0.717) is 34.2 Å². The van der Waals surface area contributed by atoms with Crippen molar-refractivity contribution in [2.75, 3.05) is 11.5 Å². The number of nitrogen functional groups attached to an aromatic ring is 2. The van der Waals surface area contributed by atoms with Crippen LogP contribution in [0, 0.1) is 0 Å². The lowest BCUT2D eigenvalue weighted by Gasteiger charge is -2.11. The van der Waals surface area contributed by atoms with E-state index in [4.69, 9.17) is 16.2 Å². The highest BCUT2D eigenvalue weighted by atomic mass is 16.5. The van der Waals surface area contributed by atoms with E-state index in [2.05, 4.69) is 31.1 Å². The SMILES string of the molecule is Nc1cc(Oc2ccc(-n3cnnn3)c(N)c2)ccc1-n1cnnn1. The molecule has 0 spiro atoms. The van der Waals surface area contributed by atoms with Crippen LogP contribution in [0.5, 0.6) is 11.5 Å². The third-order valence-electron chi connectivity index (χ3n) is 3.43. The van der Waals surface area contributed by atoms with Gasteiger partial charge in [-0.1, -0.05) is 0 Å². The molecule has 0 fully saturated rings. The van der Waals surface area contributed by atoms with Gasteiger partial charge >= 0.3 is 0 Å². The van der Waals surface area contributed by atoms with Crippen LogP contribution in [0.4, 0.5) is 11.4 Å². The minimum atomic E-state index is 0.475. The lowest BCUT2D eigenvalue weighted by Crippen LogP contribution is -2.02. The zero-order valence-corrected chi connectivity index (χ0v) is 12.8. The summed E-state index contributed by atoms with van der Waals surface area (Å²) in [5.41, 5.74) is 14.3. The maximum atomic E-state index is 6.04. The van der Waals surface area contributed by atoms with Gasteiger partial charge < -0.3 is 16.2 Å². The first kappa shape index (κ1) is 14.6. The number of tetrazole rings is 2. The van der Waals surface area contributed by atoms with Crippen LogP contribution in [0.3, 0.4) is 0 Å². The van der Waals surface area contributed by atoms with Gasteiger partial charge in [-0.25, -0.2) is 0 Å². The van der Waals surface area contributed by atoms with E-state index < -0.39 is 0 Å². The highest BCUT2D eigenvalue weighted by Gasteiger charge is 2.08. The van der Waals surface area contributed by atoms with E-state index in [-0.39, 0.29) is 0 Å². The molecule has 0 bridgehead atoms. The number of ether oxygens (including phenoxy) is 1. The Kier molecular flexibility index (Phi) is 3.43. The van der Waals surface area contributed by atoms with Crippen LogP contribution in [0.15, 0.2) is 49.1 Å². The summed E-state index contributed by atoms with van der Waals surface area (Å²) >= 11 is 0. The molecule has 124 valence electrons. The Morgan fingerprint density at radius 2 is 1.20 bits per heavy atom. The predicted molar refractivity (Wildman–Crippen MR) is 87.2 cm³/mol. The summed E-state index contributed by atoms with van der Waals surface area (Å²) < 4.78 is 8.74. The van der Waals surface area contributed by atoms with Gasteiger partial charge in [0.05, 0.1) is 22.7 Å². The second-order valence-electron chi connectivity index (χ2n) is 5.05. The molecule has 0 aliphatic carbocycles. The fraction of sp³-hybridized carbons (Fsp3) is 0. The van der Waals surface area contributed by atoms with Gasteiger partial charge in [0.2, 0.25) is 0 Å². The topological polar surface area (TPSA) is 148 Å². The van der Waals surface area contributed by atoms with Crippen molar-refractivity contribution in [1.82, 2.24) is 40.4 Å². The first-order valence-corrected chi connectivity index (χ1v) is 7.14. The second kappa shape index (κ2) is 5.88. The fourth-order valence-corrected chi connectivity index (χ4v) is 2.29. The third kappa shape index (κ3) is 2.81. The van der Waals surface area contributed by atoms with Crippen LogP contribution in [-0.4, -0.2) is 40.4 Å². The predicted octanol–water partition coefficient (Wildman–Crippen LogP) is 0.595. The molecule has 11 nitrogen and oxygen atoms in total. The van der Waals surface area contributed by atoms with E-state index in [1.807, 2.05) is 0 Å². The maximum Gasteiger partial charge on any atom is 0.143 e. The molecule has 4 rings (SSSR count). The second-order valence-corrected chi connectivity index (χ2v) is 5.05. The molecule has 11 heteroatoms. The fourth-order valence-electron chi connectivity index (χ4n) is 2.29. The first-order valence-electron chi connectivity index (χ1n) is 7.14. The van der Waals surface area contributed by atoms with Crippen LogP contribution in [-0.2, 0) is 0 Å². The van der Waals surface area contributed by atoms with E-state index in [0.717, 1.165) is 0 Å². The molecule has 0 aliphatic rings. The van der Waals surface area contributed by atoms with Crippen molar-refractivity contribution >= 4 is 11.4 Å². The van der Waals surface area contributed by atoms with Gasteiger partial charge in [0, 0.05) is 12.1 Å². The monoisotopic (exact) mass is 336 g/mol. The average molecular weight is 336 g/mol. The van der Waals surface area contributed by atoms with Crippen LogP contribution < -0.4 is 16.2 Å². The van der Waals surface area contributed by atoms with Gasteiger partial charge in [0.15, 0.2) is 0 Å². The summed E-state index contributed by atoms with van der Waals surface area (Å²) in [5, 5.41) is 22.0. The Morgan fingerprint density at radius 1 is 0.720 bits per heavy atom. The van der Waals surface area contributed by atoms with Crippen molar-refractivity contribution in [3.63, 3.8) is 0 Å². The van der Waals surface area contributed by atoms with Crippen molar-refractivity contribution in [3.8, 4) is 22.9 Å². The van der Waals surface area contributed by atoms with Crippen molar-refractivity contribution in [1.29, 1.82) is 0 Å². The maximum absolute atomic E-state index is 6.04. The van der Waals surface area contributed by atoms with E-state index >= 15 is 0 Å². The number of hydrogen-bond acceptors (Lipinski definition) is 9. The summed E-state index contributed by atoms with van der Waals surface area (Å²) in [6.07, 6.45) is 2.93. The van der Waals surface area contributed by atoms with Crippen molar-refractivity contribution < 1.29 is 4.74 Å². The average Bonchev–Trinajstić information content (AvgIpc) is 3.29. The number of aromatic nitrogens is 8. The van der Waals surface area contributed by atoms with Crippen molar-refractivity contribution in [2.24, 2.45) is 0 Å². The molecule has 0 saturated carbocycles. The molecule has 2 aromatic heterocycles. The summed E-state index contributed by atoms with van der Waals surface area (Å²) in [7, 11) is 0. The van der Waals surface area contributed by atoms with Gasteiger partial charge in [-0.15, -0.1) is 10.2 Å². The minimum absolute atomic E-state index is 0.475. The lowest BCUT2D eigenvalue weighted by atomic mass is 10.2. The minimum Gasteiger partial charge on any atom is -0.457 e. The molecule has 0 amide bonds. The number of rotatable bonds is 4. The molecule has 25 heavy (non-hydrogen) atoms. The smallest absolute Gasteiger partial charge is 0.143 e. The molecule has 0 saturated heterocycles. The van der Waals surface area contributed by atoms with Crippen LogP contribution in [0.2, 0.25) is 0 Å². The highest BCUT2D eigenvalue weighted by Crippen LogP contribution is 2.29. The number of nitrogens with zero attached hydrogens (tertiary/aromatic N) is 8. The van der Waals surface area contributed by atoms with Gasteiger partial charge in [-0.3, -0.25) is 0 Å². The zero-order chi connectivity index (χ0) is 17.2. The molecule has 4 N–H and O–H groups in total. The van der Waals surface area contributed by atoms with Gasteiger partial charge in [0.1, 0.15) is 24.2 Å². The zero-order valence-electron chi connectivity index (χ0n) is 12.8. The molecular formula is C14H12N10O. The van der Waals surface area contributed by atoms with E-state index in [9.17, 15) is 0 Å².